The second-order valence-corrected chi connectivity index (χ2v) is 2.17. The third-order valence-corrected chi connectivity index (χ3v) is 1.59. The summed E-state index contributed by atoms with van der Waals surface area (Å²) >= 11 is 0. The van der Waals surface area contributed by atoms with Crippen molar-refractivity contribution in [2.75, 3.05) is 0 Å². The average Bonchev–Trinajstić information content (AvgIpc) is 2.04. The van der Waals surface area contributed by atoms with E-state index < -0.39 is 0 Å². The first-order valence-electron chi connectivity index (χ1n) is 3.09. The van der Waals surface area contributed by atoms with Crippen LogP contribution in [-0.4, -0.2) is 0 Å². The number of allylic oxidation sites excluding steroid dienone is 3. The van der Waals surface area contributed by atoms with Gasteiger partial charge >= 0.3 is 0 Å². The van der Waals surface area contributed by atoms with Crippen LogP contribution in [0.3, 0.4) is 0 Å². The van der Waals surface area contributed by atoms with Gasteiger partial charge in [-0.1, -0.05) is 39.2 Å². The van der Waals surface area contributed by atoms with Crippen LogP contribution in [0.5, 0.6) is 0 Å². The molecule has 0 unspecified atom stereocenters. The highest BCUT2D eigenvalue weighted by molar-refractivity contribution is 8.24. The monoisotopic (exact) mass is 176 g/mol. The maximum absolute atomic E-state index is 5.38. The zero-order chi connectivity index (χ0) is 8.41. The van der Waals surface area contributed by atoms with Crippen LogP contribution in [0.15, 0.2) is 36.3 Å². The molecule has 0 aliphatic carbocycles. The molecule has 0 aliphatic heterocycles. The highest BCUT2D eigenvalue weighted by atomic mass is 35.7. The summed E-state index contributed by atoms with van der Waals surface area (Å²) in [4.78, 5) is 0.918. The molecule has 2 heteroatoms. The van der Waals surface area contributed by atoms with E-state index in [1.807, 2.05) is 13.8 Å². The Morgan fingerprint density at radius 3 is 2.00 bits per heavy atom. The second-order valence-electron chi connectivity index (χ2n) is 1.09. The molecule has 0 bridgehead atoms. The van der Waals surface area contributed by atoms with Crippen LogP contribution in [0.4, 0.5) is 0 Å². The molecule has 0 nitrogen and oxygen atoms in total. The standard InChI is InChI=1S/C6H7ClS.C2H6/c1-3-5-6(4-2)8-7;1-2/h3-5H,1-2H2;1-2H3/b6-5+;. The molecule has 0 aromatic carbocycles. The summed E-state index contributed by atoms with van der Waals surface area (Å²) in [6, 6.07) is 0. The normalized spacial score (nSPS) is 9.30. The third kappa shape index (κ3) is 7.86. The summed E-state index contributed by atoms with van der Waals surface area (Å²) in [6.07, 6.45) is 5.15. The lowest BCUT2D eigenvalue weighted by Crippen LogP contribution is -1.58. The van der Waals surface area contributed by atoms with Gasteiger partial charge in [0.2, 0.25) is 0 Å². The first-order valence-corrected chi connectivity index (χ1v) is 4.73. The van der Waals surface area contributed by atoms with Crippen molar-refractivity contribution in [1.82, 2.24) is 0 Å². The molecule has 0 N–H and O–H groups in total. The highest BCUT2D eigenvalue weighted by Crippen LogP contribution is 2.19. The zero-order valence-corrected chi connectivity index (χ0v) is 8.00. The summed E-state index contributed by atoms with van der Waals surface area (Å²) in [6.45, 7) is 11.0. The van der Waals surface area contributed by atoms with Gasteiger partial charge in [-0.05, 0) is 27.7 Å². The lowest BCUT2D eigenvalue weighted by atomic mass is 10.5. The van der Waals surface area contributed by atoms with Crippen LogP contribution >= 0.6 is 21.7 Å². The summed E-state index contributed by atoms with van der Waals surface area (Å²) in [5, 5.41) is 0. The first-order chi connectivity index (χ1) is 4.85. The molecular formula is C8H13ClS. The van der Waals surface area contributed by atoms with E-state index in [0.717, 1.165) is 15.9 Å². The maximum Gasteiger partial charge on any atom is 0.0227 e. The zero-order valence-electron chi connectivity index (χ0n) is 6.43. The van der Waals surface area contributed by atoms with Gasteiger partial charge in [-0.15, -0.1) is 0 Å². The molecule has 10 heavy (non-hydrogen) atoms. The van der Waals surface area contributed by atoms with E-state index in [4.69, 9.17) is 10.7 Å². The molecule has 0 rings (SSSR count). The van der Waals surface area contributed by atoms with E-state index in [2.05, 4.69) is 13.2 Å². The Balaban J connectivity index is 0. The van der Waals surface area contributed by atoms with Crippen LogP contribution in [0, 0.1) is 0 Å². The van der Waals surface area contributed by atoms with Crippen molar-refractivity contribution < 1.29 is 0 Å². The lowest BCUT2D eigenvalue weighted by Gasteiger charge is -1.85. The van der Waals surface area contributed by atoms with Crippen molar-refractivity contribution in [3.63, 3.8) is 0 Å². The minimum absolute atomic E-state index is 0.918. The molecule has 58 valence electrons. The molecule has 0 atom stereocenters. The van der Waals surface area contributed by atoms with Gasteiger partial charge in [0.15, 0.2) is 0 Å². The molecule has 0 saturated heterocycles. The van der Waals surface area contributed by atoms with E-state index in [1.165, 1.54) is 0 Å². The quantitative estimate of drug-likeness (QED) is 0.582. The molecule has 0 saturated carbocycles. The van der Waals surface area contributed by atoms with Crippen molar-refractivity contribution in [2.45, 2.75) is 13.8 Å². The molecule has 0 fully saturated rings. The number of rotatable bonds is 3. The van der Waals surface area contributed by atoms with Gasteiger partial charge in [-0.3, -0.25) is 0 Å². The number of hydrogen-bond acceptors (Lipinski definition) is 1. The van der Waals surface area contributed by atoms with Gasteiger partial charge in [-0.25, -0.2) is 0 Å². The topological polar surface area (TPSA) is 0 Å². The van der Waals surface area contributed by atoms with Gasteiger partial charge in [0.1, 0.15) is 0 Å². The molecule has 0 aromatic rings. The van der Waals surface area contributed by atoms with Crippen molar-refractivity contribution in [1.29, 1.82) is 0 Å². The average molecular weight is 177 g/mol. The minimum Gasteiger partial charge on any atom is -0.0990 e. The predicted octanol–water partition coefficient (Wildman–Crippen LogP) is 4.16. The van der Waals surface area contributed by atoms with Gasteiger partial charge in [0, 0.05) is 4.91 Å². The third-order valence-electron chi connectivity index (χ3n) is 0.572. The smallest absolute Gasteiger partial charge is 0.0227 e. The molecule has 0 radical (unpaired) electrons. The van der Waals surface area contributed by atoms with Gasteiger partial charge in [-0.2, -0.15) is 0 Å². The summed E-state index contributed by atoms with van der Waals surface area (Å²) in [5.41, 5.74) is 0. The Kier molecular flexibility index (Phi) is 14.6. The summed E-state index contributed by atoms with van der Waals surface area (Å²) in [5.74, 6) is 0. The molecular weight excluding hydrogens is 164 g/mol. The predicted molar refractivity (Wildman–Crippen MR) is 53.3 cm³/mol. The fourth-order valence-corrected chi connectivity index (χ4v) is 0.795. The van der Waals surface area contributed by atoms with Crippen LogP contribution in [0.25, 0.3) is 0 Å². The molecule has 0 aromatic heterocycles. The van der Waals surface area contributed by atoms with Gasteiger partial charge in [0.25, 0.3) is 0 Å². The largest absolute Gasteiger partial charge is 0.0990 e. The fraction of sp³-hybridized carbons (Fsp3) is 0.250. The van der Waals surface area contributed by atoms with E-state index in [-0.39, 0.29) is 0 Å². The summed E-state index contributed by atoms with van der Waals surface area (Å²) in [7, 11) is 6.51. The Labute approximate surface area is 72.2 Å². The summed E-state index contributed by atoms with van der Waals surface area (Å²) < 4.78 is 0. The number of halogens is 1. The Bertz CT molecular complexity index is 116. The van der Waals surface area contributed by atoms with Crippen LogP contribution in [0.2, 0.25) is 0 Å². The Morgan fingerprint density at radius 1 is 1.40 bits per heavy atom. The van der Waals surface area contributed by atoms with Gasteiger partial charge in [0.05, 0.1) is 0 Å². The van der Waals surface area contributed by atoms with Crippen molar-refractivity contribution in [2.24, 2.45) is 0 Å². The van der Waals surface area contributed by atoms with Crippen molar-refractivity contribution in [3.8, 4) is 0 Å². The second kappa shape index (κ2) is 11.6. The van der Waals surface area contributed by atoms with Crippen LogP contribution in [-0.2, 0) is 0 Å². The highest BCUT2D eigenvalue weighted by Gasteiger charge is 1.82. The lowest BCUT2D eigenvalue weighted by molar-refractivity contribution is 1.50. The van der Waals surface area contributed by atoms with Crippen LogP contribution in [0.1, 0.15) is 13.8 Å². The molecule has 0 spiro atoms. The van der Waals surface area contributed by atoms with Gasteiger partial charge < -0.3 is 0 Å². The minimum atomic E-state index is 0.918. The Hall–Kier alpha value is -0.140. The van der Waals surface area contributed by atoms with E-state index in [1.54, 1.807) is 18.2 Å². The fourth-order valence-electron chi connectivity index (χ4n) is 0.241. The maximum atomic E-state index is 5.38. The van der Waals surface area contributed by atoms with Crippen molar-refractivity contribution in [3.05, 3.63) is 36.3 Å². The van der Waals surface area contributed by atoms with E-state index in [9.17, 15) is 0 Å². The molecule has 0 amide bonds. The van der Waals surface area contributed by atoms with E-state index >= 15 is 0 Å². The Morgan fingerprint density at radius 2 is 1.90 bits per heavy atom. The van der Waals surface area contributed by atoms with Crippen LogP contribution < -0.4 is 0 Å². The SMILES string of the molecule is C=C/C=C(\C=C)SCl.CC. The molecule has 0 aliphatic rings. The number of hydrogen-bond donors (Lipinski definition) is 0. The van der Waals surface area contributed by atoms with E-state index in [0.29, 0.717) is 0 Å². The van der Waals surface area contributed by atoms with Crippen molar-refractivity contribution >= 4 is 21.7 Å². The molecule has 0 heterocycles. The first kappa shape index (κ1) is 12.5.